The summed E-state index contributed by atoms with van der Waals surface area (Å²) in [5.74, 6) is 0.947. The predicted molar refractivity (Wildman–Crippen MR) is 87.5 cm³/mol. The Balaban J connectivity index is 3.77. The van der Waals surface area contributed by atoms with Crippen LogP contribution in [0.25, 0.3) is 0 Å². The van der Waals surface area contributed by atoms with E-state index < -0.39 is 19.5 Å². The maximum Gasteiger partial charge on any atom is 0.333 e. The number of rotatable bonds is 13. The second kappa shape index (κ2) is 12.0. The average molecular weight is 326 g/mol. The molecule has 122 valence electrons. The van der Waals surface area contributed by atoms with Gasteiger partial charge in [0, 0.05) is 0 Å². The summed E-state index contributed by atoms with van der Waals surface area (Å²) < 4.78 is 16.9. The minimum absolute atomic E-state index is 0.391. The van der Waals surface area contributed by atoms with Crippen LogP contribution in [0.3, 0.4) is 0 Å². The standard InChI is InChI=1S/C14H31O4PS/c1-3-10-14(15)18-19(16,17)13(2)11-8-6-4-5-7-9-12-20/h13-15,20H,3-12H2,1-2H3,(H,16,17). The lowest BCUT2D eigenvalue weighted by molar-refractivity contribution is -0.0313. The van der Waals surface area contributed by atoms with Crippen molar-refractivity contribution in [2.45, 2.75) is 83.6 Å². The minimum Gasteiger partial charge on any atom is -0.368 e. The smallest absolute Gasteiger partial charge is 0.333 e. The van der Waals surface area contributed by atoms with Crippen LogP contribution in [0.2, 0.25) is 0 Å². The van der Waals surface area contributed by atoms with Gasteiger partial charge in [0.05, 0.1) is 5.66 Å². The Kier molecular flexibility index (Phi) is 12.3. The first-order chi connectivity index (χ1) is 9.44. The van der Waals surface area contributed by atoms with Gasteiger partial charge in [-0.15, -0.1) is 0 Å². The van der Waals surface area contributed by atoms with Crippen molar-refractivity contribution in [1.82, 2.24) is 0 Å². The van der Waals surface area contributed by atoms with Crippen LogP contribution in [-0.2, 0) is 9.09 Å². The third-order valence-corrected chi connectivity index (χ3v) is 5.63. The molecular weight excluding hydrogens is 295 g/mol. The van der Waals surface area contributed by atoms with Crippen molar-refractivity contribution in [2.24, 2.45) is 0 Å². The van der Waals surface area contributed by atoms with E-state index in [2.05, 4.69) is 12.6 Å². The quantitative estimate of drug-likeness (QED) is 0.204. The van der Waals surface area contributed by atoms with Crippen LogP contribution in [0.5, 0.6) is 0 Å². The molecule has 0 heterocycles. The van der Waals surface area contributed by atoms with Crippen LogP contribution in [-0.4, -0.2) is 27.7 Å². The van der Waals surface area contributed by atoms with E-state index in [1.54, 1.807) is 6.92 Å². The van der Waals surface area contributed by atoms with Gasteiger partial charge >= 0.3 is 7.60 Å². The molecule has 0 amide bonds. The van der Waals surface area contributed by atoms with Crippen molar-refractivity contribution in [3.05, 3.63) is 0 Å². The lowest BCUT2D eigenvalue weighted by Gasteiger charge is -2.21. The van der Waals surface area contributed by atoms with Gasteiger partial charge in [-0.05, 0) is 25.0 Å². The summed E-state index contributed by atoms with van der Waals surface area (Å²) in [4.78, 5) is 9.82. The van der Waals surface area contributed by atoms with Crippen molar-refractivity contribution in [1.29, 1.82) is 0 Å². The highest BCUT2D eigenvalue weighted by Gasteiger charge is 2.30. The van der Waals surface area contributed by atoms with E-state index >= 15 is 0 Å². The molecule has 0 aliphatic carbocycles. The largest absolute Gasteiger partial charge is 0.368 e. The lowest BCUT2D eigenvalue weighted by Crippen LogP contribution is -2.15. The highest BCUT2D eigenvalue weighted by Crippen LogP contribution is 2.50. The van der Waals surface area contributed by atoms with Gasteiger partial charge in [-0.25, -0.2) is 0 Å². The van der Waals surface area contributed by atoms with E-state index in [-0.39, 0.29) is 0 Å². The summed E-state index contributed by atoms with van der Waals surface area (Å²) in [7, 11) is -3.70. The maximum atomic E-state index is 12.0. The molecule has 0 aromatic heterocycles. The molecule has 0 saturated heterocycles. The Morgan fingerprint density at radius 3 is 2.20 bits per heavy atom. The van der Waals surface area contributed by atoms with Gasteiger partial charge in [0.25, 0.3) is 0 Å². The Morgan fingerprint density at radius 1 is 1.10 bits per heavy atom. The zero-order valence-electron chi connectivity index (χ0n) is 12.8. The molecule has 6 heteroatoms. The topological polar surface area (TPSA) is 66.8 Å². The maximum absolute atomic E-state index is 12.0. The normalized spacial score (nSPS) is 17.6. The summed E-state index contributed by atoms with van der Waals surface area (Å²) in [6.07, 6.45) is 7.41. The average Bonchev–Trinajstić information content (AvgIpc) is 2.37. The highest BCUT2D eigenvalue weighted by atomic mass is 32.1. The van der Waals surface area contributed by atoms with Crippen molar-refractivity contribution < 1.29 is 19.1 Å². The zero-order chi connectivity index (χ0) is 15.4. The number of aliphatic hydroxyl groups is 1. The Morgan fingerprint density at radius 2 is 1.65 bits per heavy atom. The summed E-state index contributed by atoms with van der Waals surface area (Å²) in [5.41, 5.74) is -0.411. The van der Waals surface area contributed by atoms with Crippen LogP contribution < -0.4 is 0 Å². The fourth-order valence-corrected chi connectivity index (χ4v) is 3.39. The highest BCUT2D eigenvalue weighted by molar-refractivity contribution is 7.80. The Bertz CT molecular complexity index is 276. The molecule has 0 saturated carbocycles. The second-order valence-corrected chi connectivity index (χ2v) is 8.06. The van der Waals surface area contributed by atoms with Gasteiger partial charge in [0.15, 0.2) is 6.29 Å². The van der Waals surface area contributed by atoms with Gasteiger partial charge < -0.3 is 10.00 Å². The molecule has 0 aliphatic heterocycles. The van der Waals surface area contributed by atoms with Gasteiger partial charge in [-0.3, -0.25) is 9.09 Å². The van der Waals surface area contributed by atoms with E-state index in [9.17, 15) is 14.6 Å². The van der Waals surface area contributed by atoms with Gasteiger partial charge in [-0.1, -0.05) is 52.4 Å². The first-order valence-corrected chi connectivity index (χ1v) is 10.0. The summed E-state index contributed by atoms with van der Waals surface area (Å²) in [5, 5.41) is 9.47. The van der Waals surface area contributed by atoms with Crippen LogP contribution in [0.4, 0.5) is 0 Å². The second-order valence-electron chi connectivity index (χ2n) is 5.40. The van der Waals surface area contributed by atoms with Crippen LogP contribution in [0, 0.1) is 0 Å². The van der Waals surface area contributed by atoms with Crippen LogP contribution in [0.1, 0.15) is 71.6 Å². The van der Waals surface area contributed by atoms with Crippen molar-refractivity contribution in [3.63, 3.8) is 0 Å². The number of unbranched alkanes of at least 4 members (excludes halogenated alkanes) is 5. The van der Waals surface area contributed by atoms with Crippen molar-refractivity contribution >= 4 is 20.2 Å². The van der Waals surface area contributed by atoms with Gasteiger partial charge in [-0.2, -0.15) is 12.6 Å². The molecule has 0 radical (unpaired) electrons. The summed E-state index contributed by atoms with van der Waals surface area (Å²) in [6, 6.07) is 0. The lowest BCUT2D eigenvalue weighted by atomic mass is 10.1. The van der Waals surface area contributed by atoms with E-state index in [4.69, 9.17) is 4.52 Å². The number of aliphatic hydroxyl groups excluding tert-OH is 1. The van der Waals surface area contributed by atoms with Crippen LogP contribution in [0.15, 0.2) is 0 Å². The molecular formula is C14H31O4PS. The Hall–Kier alpha value is 0.460. The SMILES string of the molecule is CCCC(O)OP(=O)(O)C(C)CCCCCCCCS. The number of hydrogen-bond acceptors (Lipinski definition) is 4. The van der Waals surface area contributed by atoms with E-state index in [1.807, 2.05) is 6.92 Å². The van der Waals surface area contributed by atoms with E-state index in [0.717, 1.165) is 37.9 Å². The van der Waals surface area contributed by atoms with E-state index in [0.29, 0.717) is 12.8 Å². The molecule has 20 heavy (non-hydrogen) atoms. The third-order valence-electron chi connectivity index (χ3n) is 3.40. The molecule has 3 atom stereocenters. The molecule has 0 fully saturated rings. The Labute approximate surface area is 129 Å². The fourth-order valence-electron chi connectivity index (χ4n) is 2.00. The molecule has 3 unspecified atom stereocenters. The molecule has 0 rings (SSSR count). The molecule has 0 spiro atoms. The van der Waals surface area contributed by atoms with Gasteiger partial charge in [0.1, 0.15) is 0 Å². The molecule has 0 aromatic carbocycles. The minimum atomic E-state index is -3.70. The summed E-state index contributed by atoms with van der Waals surface area (Å²) >= 11 is 4.17. The molecule has 4 nitrogen and oxygen atoms in total. The van der Waals surface area contributed by atoms with Gasteiger partial charge in [0.2, 0.25) is 0 Å². The van der Waals surface area contributed by atoms with E-state index in [1.165, 1.54) is 12.8 Å². The zero-order valence-corrected chi connectivity index (χ0v) is 14.6. The number of hydrogen-bond donors (Lipinski definition) is 3. The monoisotopic (exact) mass is 326 g/mol. The molecule has 0 aromatic rings. The summed E-state index contributed by atoms with van der Waals surface area (Å²) in [6.45, 7) is 3.62. The third kappa shape index (κ3) is 10.2. The fraction of sp³-hybridized carbons (Fsp3) is 1.00. The predicted octanol–water partition coefficient (Wildman–Crippen LogP) is 4.36. The van der Waals surface area contributed by atoms with Crippen LogP contribution >= 0.6 is 20.2 Å². The molecule has 0 aliphatic rings. The van der Waals surface area contributed by atoms with Crippen molar-refractivity contribution in [3.8, 4) is 0 Å². The first kappa shape index (κ1) is 20.5. The first-order valence-electron chi connectivity index (χ1n) is 7.73. The van der Waals surface area contributed by atoms with Crippen molar-refractivity contribution in [2.75, 3.05) is 5.75 Å². The molecule has 0 bridgehead atoms. The molecule has 2 N–H and O–H groups in total. The number of thiol groups is 1.